The van der Waals surface area contributed by atoms with Gasteiger partial charge in [0.2, 0.25) is 0 Å². The smallest absolute Gasteiger partial charge is 0.269 e. The number of aryl methyl sites for hydroxylation is 1. The first-order valence-corrected chi connectivity index (χ1v) is 6.87. The predicted octanol–water partition coefficient (Wildman–Crippen LogP) is 3.44. The van der Waals surface area contributed by atoms with E-state index in [1.165, 1.54) is 12.1 Å². The summed E-state index contributed by atoms with van der Waals surface area (Å²) in [4.78, 5) is 10.2. The van der Waals surface area contributed by atoms with Gasteiger partial charge < -0.3 is 9.84 Å². The molecule has 0 aliphatic rings. The molecule has 0 radical (unpaired) electrons. The van der Waals surface area contributed by atoms with Crippen LogP contribution in [0.1, 0.15) is 16.7 Å². The minimum Gasteiger partial charge on any atom is -0.491 e. The van der Waals surface area contributed by atoms with Crippen molar-refractivity contribution in [2.24, 2.45) is 0 Å². The molecule has 2 aromatic rings. The molecule has 0 saturated carbocycles. The molecule has 0 fully saturated rings. The molecule has 0 aromatic heterocycles. The van der Waals surface area contributed by atoms with Crippen LogP contribution in [0.3, 0.4) is 0 Å². The van der Waals surface area contributed by atoms with Crippen molar-refractivity contribution in [2.45, 2.75) is 6.92 Å². The van der Waals surface area contributed by atoms with E-state index < -0.39 is 4.92 Å². The number of nitrogens with zero attached hydrogens (tertiary/aromatic N) is 1. The standard InChI is InChI=1S/C17H17NO4/c1-13-12-15(6-9-17(13)22-11-10-19)3-2-14-4-7-16(8-5-14)18(20)21/h2-9,12,19H,10-11H2,1H3/b3-2+. The Kier molecular flexibility index (Phi) is 5.27. The summed E-state index contributed by atoms with van der Waals surface area (Å²) in [7, 11) is 0. The van der Waals surface area contributed by atoms with E-state index in [-0.39, 0.29) is 18.9 Å². The Morgan fingerprint density at radius 2 is 1.77 bits per heavy atom. The maximum atomic E-state index is 10.6. The third-order valence-electron chi connectivity index (χ3n) is 3.12. The molecule has 0 aliphatic heterocycles. The summed E-state index contributed by atoms with van der Waals surface area (Å²) >= 11 is 0. The largest absolute Gasteiger partial charge is 0.491 e. The van der Waals surface area contributed by atoms with Crippen molar-refractivity contribution in [1.82, 2.24) is 0 Å². The molecule has 5 nitrogen and oxygen atoms in total. The van der Waals surface area contributed by atoms with Crippen LogP contribution in [0.25, 0.3) is 12.2 Å². The van der Waals surface area contributed by atoms with E-state index >= 15 is 0 Å². The fourth-order valence-corrected chi connectivity index (χ4v) is 1.99. The van der Waals surface area contributed by atoms with E-state index in [0.717, 1.165) is 22.4 Å². The summed E-state index contributed by atoms with van der Waals surface area (Å²) in [6.07, 6.45) is 3.83. The SMILES string of the molecule is Cc1cc(/C=C/c2ccc([N+](=O)[O-])cc2)ccc1OCCO. The molecule has 0 saturated heterocycles. The van der Waals surface area contributed by atoms with Gasteiger partial charge in [0.05, 0.1) is 11.5 Å². The van der Waals surface area contributed by atoms with Gasteiger partial charge in [0.15, 0.2) is 0 Å². The van der Waals surface area contributed by atoms with Crippen LogP contribution in [0.4, 0.5) is 5.69 Å². The van der Waals surface area contributed by atoms with Gasteiger partial charge in [0.1, 0.15) is 12.4 Å². The van der Waals surface area contributed by atoms with Crippen LogP contribution in [0.2, 0.25) is 0 Å². The van der Waals surface area contributed by atoms with Crippen molar-refractivity contribution in [2.75, 3.05) is 13.2 Å². The lowest BCUT2D eigenvalue weighted by molar-refractivity contribution is -0.384. The molecule has 2 rings (SSSR count). The van der Waals surface area contributed by atoms with Crippen molar-refractivity contribution in [3.63, 3.8) is 0 Å². The molecule has 22 heavy (non-hydrogen) atoms. The monoisotopic (exact) mass is 299 g/mol. The molecule has 2 aromatic carbocycles. The molecule has 0 unspecified atom stereocenters. The number of benzene rings is 2. The summed E-state index contributed by atoms with van der Waals surface area (Å²) < 4.78 is 5.40. The van der Waals surface area contributed by atoms with Crippen molar-refractivity contribution in [3.8, 4) is 5.75 Å². The zero-order chi connectivity index (χ0) is 15.9. The van der Waals surface area contributed by atoms with Gasteiger partial charge in [0, 0.05) is 12.1 Å². The maximum Gasteiger partial charge on any atom is 0.269 e. The maximum absolute atomic E-state index is 10.6. The molecule has 0 bridgehead atoms. The van der Waals surface area contributed by atoms with E-state index in [1.54, 1.807) is 12.1 Å². The van der Waals surface area contributed by atoms with Crippen LogP contribution in [-0.4, -0.2) is 23.2 Å². The van der Waals surface area contributed by atoms with Crippen molar-refractivity contribution >= 4 is 17.8 Å². The van der Waals surface area contributed by atoms with Gasteiger partial charge in [-0.2, -0.15) is 0 Å². The summed E-state index contributed by atoms with van der Waals surface area (Å²) in [5.41, 5.74) is 2.97. The summed E-state index contributed by atoms with van der Waals surface area (Å²) in [5, 5.41) is 19.4. The highest BCUT2D eigenvalue weighted by molar-refractivity contribution is 5.70. The Hall–Kier alpha value is -2.66. The highest BCUT2D eigenvalue weighted by Gasteiger charge is 2.02. The van der Waals surface area contributed by atoms with Crippen LogP contribution in [-0.2, 0) is 0 Å². The van der Waals surface area contributed by atoms with Crippen molar-refractivity contribution < 1.29 is 14.8 Å². The molecule has 0 amide bonds. The van der Waals surface area contributed by atoms with Crippen LogP contribution in [0, 0.1) is 17.0 Å². The second kappa shape index (κ2) is 7.38. The van der Waals surface area contributed by atoms with Crippen LogP contribution in [0.15, 0.2) is 42.5 Å². The Bertz CT molecular complexity index is 678. The number of ether oxygens (including phenoxy) is 1. The number of hydrogen-bond acceptors (Lipinski definition) is 4. The Morgan fingerprint density at radius 3 is 2.36 bits per heavy atom. The number of nitro benzene ring substituents is 1. The van der Waals surface area contributed by atoms with E-state index in [1.807, 2.05) is 37.3 Å². The average molecular weight is 299 g/mol. The topological polar surface area (TPSA) is 72.6 Å². The number of nitro groups is 1. The first kappa shape index (κ1) is 15.7. The van der Waals surface area contributed by atoms with E-state index in [2.05, 4.69) is 0 Å². The Labute approximate surface area is 128 Å². The zero-order valence-corrected chi connectivity index (χ0v) is 12.2. The van der Waals surface area contributed by atoms with Gasteiger partial charge >= 0.3 is 0 Å². The fourth-order valence-electron chi connectivity index (χ4n) is 1.99. The lowest BCUT2D eigenvalue weighted by Gasteiger charge is -2.08. The normalized spacial score (nSPS) is 10.8. The quantitative estimate of drug-likeness (QED) is 0.504. The number of non-ortho nitro benzene ring substituents is 1. The predicted molar refractivity (Wildman–Crippen MR) is 85.8 cm³/mol. The zero-order valence-electron chi connectivity index (χ0n) is 12.2. The molecule has 1 N–H and O–H groups in total. The number of aliphatic hydroxyl groups is 1. The van der Waals surface area contributed by atoms with E-state index in [4.69, 9.17) is 9.84 Å². The van der Waals surface area contributed by atoms with Gasteiger partial charge in [-0.3, -0.25) is 10.1 Å². The molecule has 0 atom stereocenters. The first-order chi connectivity index (χ1) is 10.6. The molecular formula is C17H17NO4. The molecule has 5 heteroatoms. The number of rotatable bonds is 6. The van der Waals surface area contributed by atoms with Crippen molar-refractivity contribution in [1.29, 1.82) is 0 Å². The third-order valence-corrected chi connectivity index (χ3v) is 3.12. The summed E-state index contributed by atoms with van der Waals surface area (Å²) in [6.45, 7) is 2.20. The first-order valence-electron chi connectivity index (χ1n) is 6.87. The van der Waals surface area contributed by atoms with Gasteiger partial charge in [0.25, 0.3) is 5.69 Å². The summed E-state index contributed by atoms with van der Waals surface area (Å²) in [5.74, 6) is 0.751. The van der Waals surface area contributed by atoms with Crippen LogP contribution >= 0.6 is 0 Å². The molecule has 0 heterocycles. The van der Waals surface area contributed by atoms with Crippen LogP contribution < -0.4 is 4.74 Å². The second-order valence-corrected chi connectivity index (χ2v) is 4.78. The van der Waals surface area contributed by atoms with Crippen molar-refractivity contribution in [3.05, 3.63) is 69.3 Å². The Morgan fingerprint density at radius 1 is 1.14 bits per heavy atom. The number of aliphatic hydroxyl groups excluding tert-OH is 1. The van der Waals surface area contributed by atoms with Gasteiger partial charge in [-0.25, -0.2) is 0 Å². The fraction of sp³-hybridized carbons (Fsp3) is 0.176. The second-order valence-electron chi connectivity index (χ2n) is 4.78. The van der Waals surface area contributed by atoms with Gasteiger partial charge in [-0.05, 0) is 47.9 Å². The molecule has 114 valence electrons. The minimum atomic E-state index is -0.415. The summed E-state index contributed by atoms with van der Waals surface area (Å²) in [6, 6.07) is 12.1. The minimum absolute atomic E-state index is 0.0127. The molecule has 0 spiro atoms. The number of hydrogen-bond donors (Lipinski definition) is 1. The molecular weight excluding hydrogens is 282 g/mol. The van der Waals surface area contributed by atoms with Gasteiger partial charge in [-0.1, -0.05) is 18.2 Å². The lowest BCUT2D eigenvalue weighted by atomic mass is 10.1. The third kappa shape index (κ3) is 4.17. The Balaban J connectivity index is 2.09. The lowest BCUT2D eigenvalue weighted by Crippen LogP contribution is -2.02. The highest BCUT2D eigenvalue weighted by Crippen LogP contribution is 2.21. The average Bonchev–Trinajstić information content (AvgIpc) is 2.52. The highest BCUT2D eigenvalue weighted by atomic mass is 16.6. The van der Waals surface area contributed by atoms with Crippen LogP contribution in [0.5, 0.6) is 5.75 Å². The van der Waals surface area contributed by atoms with E-state index in [0.29, 0.717) is 0 Å². The molecule has 0 aliphatic carbocycles. The van der Waals surface area contributed by atoms with E-state index in [9.17, 15) is 10.1 Å². The van der Waals surface area contributed by atoms with Gasteiger partial charge in [-0.15, -0.1) is 0 Å².